The molecule has 4 rings (SSSR count). The largest absolute Gasteiger partial charge is 0.319 e. The van der Waals surface area contributed by atoms with Gasteiger partial charge in [0.15, 0.2) is 5.82 Å². The lowest BCUT2D eigenvalue weighted by Gasteiger charge is -2.07. The van der Waals surface area contributed by atoms with Crippen LogP contribution < -0.4 is 5.32 Å². The Labute approximate surface area is 167 Å². The molecule has 0 radical (unpaired) electrons. The third-order valence-corrected chi connectivity index (χ3v) is 4.68. The number of para-hydroxylation sites is 1. The summed E-state index contributed by atoms with van der Waals surface area (Å²) in [5, 5.41) is 7.90. The summed E-state index contributed by atoms with van der Waals surface area (Å²) < 4.78 is 1.64. The number of amides is 1. The average Bonchev–Trinajstić information content (AvgIpc) is 3.17. The van der Waals surface area contributed by atoms with Crippen molar-refractivity contribution < 1.29 is 4.79 Å². The smallest absolute Gasteiger partial charge is 0.295 e. The van der Waals surface area contributed by atoms with Crippen molar-refractivity contribution in [3.63, 3.8) is 0 Å². The summed E-state index contributed by atoms with van der Waals surface area (Å²) in [7, 11) is 0. The average molecular weight is 389 g/mol. The monoisotopic (exact) mass is 388 g/mol. The highest BCUT2D eigenvalue weighted by Gasteiger charge is 2.19. The summed E-state index contributed by atoms with van der Waals surface area (Å²) in [6, 6.07) is 24.5. The van der Waals surface area contributed by atoms with Crippen LogP contribution in [0.15, 0.2) is 78.9 Å². The highest BCUT2D eigenvalue weighted by atomic mass is 35.5. The molecule has 0 saturated heterocycles. The summed E-state index contributed by atoms with van der Waals surface area (Å²) in [6.07, 6.45) is 0. The number of benzene rings is 3. The van der Waals surface area contributed by atoms with Crippen LogP contribution in [0.5, 0.6) is 0 Å². The molecule has 138 valence electrons. The molecule has 0 atom stereocenters. The molecule has 0 saturated carbocycles. The zero-order valence-corrected chi connectivity index (χ0v) is 15.9. The van der Waals surface area contributed by atoms with Gasteiger partial charge in [-0.1, -0.05) is 66.2 Å². The molecule has 0 aliphatic carbocycles. The van der Waals surface area contributed by atoms with Crippen LogP contribution in [0.3, 0.4) is 0 Å². The van der Waals surface area contributed by atoms with Crippen molar-refractivity contribution in [2.24, 2.45) is 0 Å². The summed E-state index contributed by atoms with van der Waals surface area (Å²) in [6.45, 7) is 1.93. The van der Waals surface area contributed by atoms with Gasteiger partial charge >= 0.3 is 0 Å². The SMILES string of the molecule is Cc1ccc(-n2nc(C(=O)Nc3ccccc3)nc2-c2ccccc2)cc1Cl. The van der Waals surface area contributed by atoms with E-state index in [1.54, 1.807) is 4.68 Å². The number of nitrogens with zero attached hydrogens (tertiary/aromatic N) is 3. The van der Waals surface area contributed by atoms with E-state index in [9.17, 15) is 4.79 Å². The number of aryl methyl sites for hydroxylation is 1. The lowest BCUT2D eigenvalue weighted by molar-refractivity contribution is 0.101. The molecular formula is C22H17ClN4O. The van der Waals surface area contributed by atoms with Crippen molar-refractivity contribution in [2.75, 3.05) is 5.32 Å². The Morgan fingerprint density at radius 2 is 1.64 bits per heavy atom. The van der Waals surface area contributed by atoms with Gasteiger partial charge in [0.1, 0.15) is 0 Å². The Kier molecular flexibility index (Phi) is 4.91. The highest BCUT2D eigenvalue weighted by molar-refractivity contribution is 6.31. The van der Waals surface area contributed by atoms with E-state index in [-0.39, 0.29) is 11.7 Å². The third-order valence-electron chi connectivity index (χ3n) is 4.27. The van der Waals surface area contributed by atoms with Gasteiger partial charge in [0.25, 0.3) is 5.91 Å². The second-order valence-electron chi connectivity index (χ2n) is 6.29. The fraction of sp³-hybridized carbons (Fsp3) is 0.0455. The number of hydrogen-bond donors (Lipinski definition) is 1. The van der Waals surface area contributed by atoms with Crippen LogP contribution in [0.2, 0.25) is 5.02 Å². The lowest BCUT2D eigenvalue weighted by atomic mass is 10.2. The van der Waals surface area contributed by atoms with E-state index in [0.29, 0.717) is 16.5 Å². The maximum absolute atomic E-state index is 12.7. The number of aromatic nitrogens is 3. The van der Waals surface area contributed by atoms with Crippen LogP contribution in [-0.2, 0) is 0 Å². The first-order valence-corrected chi connectivity index (χ1v) is 9.15. The number of carbonyl (C=O) groups excluding carboxylic acids is 1. The lowest BCUT2D eigenvalue weighted by Crippen LogP contribution is -2.14. The number of nitrogens with one attached hydrogen (secondary N) is 1. The number of hydrogen-bond acceptors (Lipinski definition) is 3. The molecule has 1 amide bonds. The van der Waals surface area contributed by atoms with Gasteiger partial charge in [-0.05, 0) is 36.8 Å². The van der Waals surface area contributed by atoms with Crippen molar-refractivity contribution in [1.82, 2.24) is 14.8 Å². The van der Waals surface area contributed by atoms with E-state index >= 15 is 0 Å². The minimum atomic E-state index is -0.375. The van der Waals surface area contributed by atoms with Crippen molar-refractivity contribution in [3.8, 4) is 17.1 Å². The Morgan fingerprint density at radius 1 is 0.964 bits per heavy atom. The van der Waals surface area contributed by atoms with Crippen molar-refractivity contribution in [2.45, 2.75) is 6.92 Å². The van der Waals surface area contributed by atoms with Gasteiger partial charge in [-0.2, -0.15) is 0 Å². The van der Waals surface area contributed by atoms with Crippen LogP contribution in [0.25, 0.3) is 17.1 Å². The maximum atomic E-state index is 12.7. The first-order valence-electron chi connectivity index (χ1n) is 8.77. The number of rotatable bonds is 4. The minimum Gasteiger partial charge on any atom is -0.319 e. The predicted molar refractivity (Wildman–Crippen MR) is 111 cm³/mol. The van der Waals surface area contributed by atoms with Crippen LogP contribution in [-0.4, -0.2) is 20.7 Å². The van der Waals surface area contributed by atoms with Gasteiger partial charge in [-0.25, -0.2) is 9.67 Å². The van der Waals surface area contributed by atoms with Gasteiger partial charge in [-0.15, -0.1) is 5.10 Å². The molecule has 0 unspecified atom stereocenters. The third kappa shape index (κ3) is 3.66. The molecule has 28 heavy (non-hydrogen) atoms. The first-order chi connectivity index (χ1) is 13.6. The summed E-state index contributed by atoms with van der Waals surface area (Å²) in [4.78, 5) is 17.2. The first kappa shape index (κ1) is 17.9. The van der Waals surface area contributed by atoms with Crippen LogP contribution in [0, 0.1) is 6.92 Å². The molecule has 5 nitrogen and oxygen atoms in total. The summed E-state index contributed by atoms with van der Waals surface area (Å²) in [5.74, 6) is 0.276. The second-order valence-corrected chi connectivity index (χ2v) is 6.70. The molecule has 0 aliphatic heterocycles. The minimum absolute atomic E-state index is 0.0828. The van der Waals surface area contributed by atoms with E-state index in [1.165, 1.54) is 0 Å². The molecule has 3 aromatic carbocycles. The van der Waals surface area contributed by atoms with Gasteiger partial charge in [0, 0.05) is 16.3 Å². The van der Waals surface area contributed by atoms with Gasteiger partial charge in [-0.3, -0.25) is 4.79 Å². The summed E-state index contributed by atoms with van der Waals surface area (Å²) in [5.41, 5.74) is 3.24. The number of carbonyl (C=O) groups is 1. The van der Waals surface area contributed by atoms with Gasteiger partial charge < -0.3 is 5.32 Å². The molecule has 0 aliphatic rings. The van der Waals surface area contributed by atoms with Crippen molar-refractivity contribution >= 4 is 23.2 Å². The standard InChI is InChI=1S/C22H17ClN4O/c1-15-12-13-18(14-19(15)23)27-21(16-8-4-2-5-9-16)25-20(26-27)22(28)24-17-10-6-3-7-11-17/h2-14H,1H3,(H,24,28). The highest BCUT2D eigenvalue weighted by Crippen LogP contribution is 2.24. The van der Waals surface area contributed by atoms with Crippen molar-refractivity contribution in [1.29, 1.82) is 0 Å². The van der Waals surface area contributed by atoms with E-state index < -0.39 is 0 Å². The van der Waals surface area contributed by atoms with Crippen molar-refractivity contribution in [3.05, 3.63) is 95.3 Å². The molecular weight excluding hydrogens is 372 g/mol. The van der Waals surface area contributed by atoms with Gasteiger partial charge in [0.05, 0.1) is 5.69 Å². The Bertz CT molecular complexity index is 1120. The van der Waals surface area contributed by atoms with Crippen LogP contribution in [0.4, 0.5) is 5.69 Å². The summed E-state index contributed by atoms with van der Waals surface area (Å²) >= 11 is 6.30. The van der Waals surface area contributed by atoms with E-state index in [0.717, 1.165) is 16.8 Å². The zero-order chi connectivity index (χ0) is 19.5. The predicted octanol–water partition coefficient (Wildman–Crippen LogP) is 5.15. The Morgan fingerprint density at radius 3 is 2.32 bits per heavy atom. The number of anilines is 1. The van der Waals surface area contributed by atoms with E-state index in [2.05, 4.69) is 15.4 Å². The molecule has 0 spiro atoms. The molecule has 0 bridgehead atoms. The number of halogens is 1. The molecule has 4 aromatic rings. The normalized spacial score (nSPS) is 10.6. The maximum Gasteiger partial charge on any atom is 0.295 e. The van der Waals surface area contributed by atoms with E-state index in [4.69, 9.17) is 11.6 Å². The quantitative estimate of drug-likeness (QED) is 0.526. The molecule has 0 fully saturated rings. The fourth-order valence-electron chi connectivity index (χ4n) is 2.78. The Balaban J connectivity index is 1.78. The van der Waals surface area contributed by atoms with Gasteiger partial charge in [0.2, 0.25) is 5.82 Å². The van der Waals surface area contributed by atoms with Crippen LogP contribution in [0.1, 0.15) is 16.2 Å². The Hall–Kier alpha value is -3.44. The molecule has 1 heterocycles. The molecule has 6 heteroatoms. The topological polar surface area (TPSA) is 59.8 Å². The van der Waals surface area contributed by atoms with E-state index in [1.807, 2.05) is 85.8 Å². The molecule has 1 aromatic heterocycles. The molecule has 1 N–H and O–H groups in total. The van der Waals surface area contributed by atoms with Crippen LogP contribution >= 0.6 is 11.6 Å². The fourth-order valence-corrected chi connectivity index (χ4v) is 2.96. The second kappa shape index (κ2) is 7.66. The zero-order valence-electron chi connectivity index (χ0n) is 15.1.